The van der Waals surface area contributed by atoms with Crippen molar-refractivity contribution in [3.05, 3.63) is 50.5 Å². The van der Waals surface area contributed by atoms with Gasteiger partial charge in [-0.2, -0.15) is 0 Å². The normalized spacial score (nSPS) is 16.4. The lowest BCUT2D eigenvalue weighted by Gasteiger charge is -2.14. The SMILES string of the molecule is Cn1c(CCC(N)=O)c2n(c1=S)C[C@H](c1c(F)ccc(Cl)c1F)C2. The van der Waals surface area contributed by atoms with E-state index in [1.54, 1.807) is 0 Å². The summed E-state index contributed by atoms with van der Waals surface area (Å²) >= 11 is 11.2. The number of rotatable bonds is 4. The van der Waals surface area contributed by atoms with Gasteiger partial charge in [-0.3, -0.25) is 4.79 Å². The third-order valence-corrected chi connectivity index (χ3v) is 5.31. The number of hydrogen-bond donors (Lipinski definition) is 1. The van der Waals surface area contributed by atoms with Gasteiger partial charge >= 0.3 is 0 Å². The molecule has 24 heavy (non-hydrogen) atoms. The Labute approximate surface area is 147 Å². The van der Waals surface area contributed by atoms with Gasteiger partial charge < -0.3 is 14.9 Å². The topological polar surface area (TPSA) is 52.9 Å². The smallest absolute Gasteiger partial charge is 0.217 e. The van der Waals surface area contributed by atoms with E-state index in [2.05, 4.69) is 0 Å². The Balaban J connectivity index is 1.99. The maximum atomic E-state index is 14.3. The second-order valence-electron chi connectivity index (χ2n) is 5.97. The number of fused-ring (bicyclic) bond motifs is 1. The number of imidazole rings is 1. The summed E-state index contributed by atoms with van der Waals surface area (Å²) in [5, 5.41) is -0.0962. The summed E-state index contributed by atoms with van der Waals surface area (Å²) in [5.41, 5.74) is 6.99. The van der Waals surface area contributed by atoms with Crippen LogP contribution >= 0.6 is 23.8 Å². The minimum Gasteiger partial charge on any atom is -0.370 e. The van der Waals surface area contributed by atoms with Crippen molar-refractivity contribution >= 4 is 29.7 Å². The lowest BCUT2D eigenvalue weighted by molar-refractivity contribution is -0.118. The Morgan fingerprint density at radius 2 is 2.17 bits per heavy atom. The molecule has 1 aromatic heterocycles. The molecule has 1 atom stereocenters. The molecule has 1 aliphatic heterocycles. The van der Waals surface area contributed by atoms with Crippen LogP contribution in [0.15, 0.2) is 12.1 Å². The third-order valence-electron chi connectivity index (χ3n) is 4.52. The molecule has 0 saturated carbocycles. The Bertz CT molecular complexity index is 890. The quantitative estimate of drug-likeness (QED) is 0.662. The molecule has 2 heterocycles. The van der Waals surface area contributed by atoms with E-state index in [0.717, 1.165) is 11.4 Å². The molecule has 0 radical (unpaired) electrons. The summed E-state index contributed by atoms with van der Waals surface area (Å²) in [7, 11) is 1.82. The number of halogens is 3. The zero-order valence-corrected chi connectivity index (χ0v) is 14.6. The van der Waals surface area contributed by atoms with E-state index >= 15 is 0 Å². The summed E-state index contributed by atoms with van der Waals surface area (Å²) in [5.74, 6) is -2.11. The Morgan fingerprint density at radius 3 is 2.83 bits per heavy atom. The summed E-state index contributed by atoms with van der Waals surface area (Å²) in [6, 6.07) is 2.39. The highest BCUT2D eigenvalue weighted by Gasteiger charge is 2.32. The van der Waals surface area contributed by atoms with E-state index in [9.17, 15) is 13.6 Å². The van der Waals surface area contributed by atoms with Crippen molar-refractivity contribution < 1.29 is 13.6 Å². The number of nitrogens with zero attached hydrogens (tertiary/aromatic N) is 2. The van der Waals surface area contributed by atoms with Crippen molar-refractivity contribution in [3.63, 3.8) is 0 Å². The van der Waals surface area contributed by atoms with Crippen LogP contribution in [-0.2, 0) is 31.2 Å². The minimum atomic E-state index is -0.721. The van der Waals surface area contributed by atoms with Crippen LogP contribution in [0.4, 0.5) is 8.78 Å². The Hall–Kier alpha value is -1.73. The van der Waals surface area contributed by atoms with Crippen LogP contribution in [0.3, 0.4) is 0 Å². The van der Waals surface area contributed by atoms with Crippen LogP contribution < -0.4 is 5.73 Å². The van der Waals surface area contributed by atoms with Gasteiger partial charge in [0.2, 0.25) is 5.91 Å². The van der Waals surface area contributed by atoms with Gasteiger partial charge in [-0.25, -0.2) is 8.78 Å². The molecule has 0 spiro atoms. The standard InChI is InChI=1S/C16H16ClF2N3OS/c1-21-11(4-5-13(20)23)12-6-8(7-22(12)16(21)24)14-10(18)3-2-9(17)15(14)19/h2-3,8H,4-7H2,1H3,(H2,20,23)/t8-/m1/s1. The average molecular weight is 372 g/mol. The second kappa shape index (κ2) is 6.29. The monoisotopic (exact) mass is 371 g/mol. The molecule has 8 heteroatoms. The maximum Gasteiger partial charge on any atom is 0.217 e. The number of carbonyl (C=O) groups excluding carboxylic acids is 1. The van der Waals surface area contributed by atoms with Crippen molar-refractivity contribution in [1.82, 2.24) is 9.13 Å². The third kappa shape index (κ3) is 2.75. The summed E-state index contributed by atoms with van der Waals surface area (Å²) < 4.78 is 32.7. The minimum absolute atomic E-state index is 0.0101. The van der Waals surface area contributed by atoms with E-state index in [1.165, 1.54) is 12.1 Å². The van der Waals surface area contributed by atoms with Crippen molar-refractivity contribution in [2.75, 3.05) is 0 Å². The lowest BCUT2D eigenvalue weighted by Crippen LogP contribution is -2.13. The van der Waals surface area contributed by atoms with Gasteiger partial charge in [0.05, 0.1) is 5.02 Å². The van der Waals surface area contributed by atoms with Gasteiger partial charge in [0.1, 0.15) is 11.6 Å². The molecule has 2 N–H and O–H groups in total. The molecule has 128 valence electrons. The highest BCUT2D eigenvalue weighted by atomic mass is 35.5. The van der Waals surface area contributed by atoms with Crippen LogP contribution in [0.2, 0.25) is 5.02 Å². The summed E-state index contributed by atoms with van der Waals surface area (Å²) in [4.78, 5) is 11.1. The van der Waals surface area contributed by atoms with Crippen LogP contribution in [0.25, 0.3) is 0 Å². The predicted molar refractivity (Wildman–Crippen MR) is 89.6 cm³/mol. The molecule has 2 aromatic rings. The first-order chi connectivity index (χ1) is 11.3. The Morgan fingerprint density at radius 1 is 1.46 bits per heavy atom. The molecule has 3 rings (SSSR count). The number of primary amides is 1. The van der Waals surface area contributed by atoms with Crippen LogP contribution in [-0.4, -0.2) is 15.0 Å². The summed E-state index contributed by atoms with van der Waals surface area (Å²) in [6.07, 6.45) is 1.09. The predicted octanol–water partition coefficient (Wildman–Crippen LogP) is 3.25. The van der Waals surface area contributed by atoms with E-state index in [1.807, 2.05) is 16.2 Å². The molecular weight excluding hydrogens is 356 g/mol. The van der Waals surface area contributed by atoms with Gasteiger partial charge in [0, 0.05) is 42.9 Å². The van der Waals surface area contributed by atoms with E-state index < -0.39 is 17.5 Å². The van der Waals surface area contributed by atoms with Crippen molar-refractivity contribution in [3.8, 4) is 0 Å². The highest BCUT2D eigenvalue weighted by Crippen LogP contribution is 2.37. The second-order valence-corrected chi connectivity index (χ2v) is 6.74. The molecule has 0 bridgehead atoms. The fourth-order valence-corrected chi connectivity index (χ4v) is 3.82. The number of hydrogen-bond acceptors (Lipinski definition) is 2. The van der Waals surface area contributed by atoms with Crippen molar-refractivity contribution in [2.45, 2.75) is 31.7 Å². The number of amides is 1. The van der Waals surface area contributed by atoms with Gasteiger partial charge in [0.15, 0.2) is 4.77 Å². The molecule has 0 aliphatic carbocycles. The molecule has 1 amide bonds. The highest BCUT2D eigenvalue weighted by molar-refractivity contribution is 7.71. The van der Waals surface area contributed by atoms with Crippen LogP contribution in [0, 0.1) is 16.4 Å². The largest absolute Gasteiger partial charge is 0.370 e. The molecule has 1 aromatic carbocycles. The zero-order chi connectivity index (χ0) is 17.6. The molecular formula is C16H16ClF2N3OS. The molecule has 0 saturated heterocycles. The first-order valence-electron chi connectivity index (χ1n) is 7.50. The molecule has 0 fully saturated rings. The molecule has 1 aliphatic rings. The van der Waals surface area contributed by atoms with Crippen molar-refractivity contribution in [2.24, 2.45) is 12.8 Å². The fraction of sp³-hybridized carbons (Fsp3) is 0.375. The first kappa shape index (κ1) is 17.1. The number of benzene rings is 1. The van der Waals surface area contributed by atoms with Gasteiger partial charge in [-0.1, -0.05) is 11.6 Å². The molecule has 4 nitrogen and oxygen atoms in total. The average Bonchev–Trinajstić information content (AvgIpc) is 3.02. The number of nitrogens with two attached hydrogens (primary N) is 1. The zero-order valence-electron chi connectivity index (χ0n) is 13.0. The van der Waals surface area contributed by atoms with Gasteiger partial charge in [-0.15, -0.1) is 0 Å². The van der Waals surface area contributed by atoms with E-state index in [0.29, 0.717) is 24.2 Å². The van der Waals surface area contributed by atoms with E-state index in [4.69, 9.17) is 29.6 Å². The first-order valence-corrected chi connectivity index (χ1v) is 8.28. The maximum absolute atomic E-state index is 14.3. The van der Waals surface area contributed by atoms with Crippen LogP contribution in [0.5, 0.6) is 0 Å². The molecule has 0 unspecified atom stereocenters. The van der Waals surface area contributed by atoms with E-state index in [-0.39, 0.29) is 22.9 Å². The van der Waals surface area contributed by atoms with Crippen molar-refractivity contribution in [1.29, 1.82) is 0 Å². The Kier molecular flexibility index (Phi) is 4.48. The van der Waals surface area contributed by atoms with Gasteiger partial charge in [-0.05, 0) is 37.2 Å². The number of carbonyl (C=O) groups is 1. The van der Waals surface area contributed by atoms with Gasteiger partial charge in [0.25, 0.3) is 0 Å². The lowest BCUT2D eigenvalue weighted by atomic mass is 9.95. The number of aromatic nitrogens is 2. The fourth-order valence-electron chi connectivity index (χ4n) is 3.36. The van der Waals surface area contributed by atoms with Crippen LogP contribution in [0.1, 0.15) is 29.3 Å². The summed E-state index contributed by atoms with van der Waals surface area (Å²) in [6.45, 7) is 0.382.